The third-order valence-corrected chi connectivity index (χ3v) is 5.49. The lowest BCUT2D eigenvalue weighted by Gasteiger charge is -2.27. The van der Waals surface area contributed by atoms with E-state index in [9.17, 15) is 18.4 Å². The number of carbonyl (C=O) groups excluding carboxylic acids is 2. The van der Waals surface area contributed by atoms with E-state index >= 15 is 0 Å². The van der Waals surface area contributed by atoms with E-state index in [1.807, 2.05) is 47.8 Å². The van der Waals surface area contributed by atoms with E-state index < -0.39 is 17.7 Å². The van der Waals surface area contributed by atoms with Gasteiger partial charge in [-0.3, -0.25) is 4.79 Å². The Morgan fingerprint density at radius 1 is 1.00 bits per heavy atom. The van der Waals surface area contributed by atoms with Gasteiger partial charge in [0, 0.05) is 24.0 Å². The predicted molar refractivity (Wildman–Crippen MR) is 122 cm³/mol. The lowest BCUT2D eigenvalue weighted by molar-refractivity contribution is -0.132. The van der Waals surface area contributed by atoms with Crippen molar-refractivity contribution in [3.63, 3.8) is 0 Å². The number of urea groups is 1. The molecule has 1 heterocycles. The van der Waals surface area contributed by atoms with Crippen molar-refractivity contribution >= 4 is 29.0 Å². The van der Waals surface area contributed by atoms with Gasteiger partial charge >= 0.3 is 6.03 Å². The Kier molecular flexibility index (Phi) is 8.10. The average Bonchev–Trinajstić information content (AvgIpc) is 3.29. The van der Waals surface area contributed by atoms with Gasteiger partial charge in [0.25, 0.3) is 0 Å². The summed E-state index contributed by atoms with van der Waals surface area (Å²) in [6, 6.07) is 15.6. The number of hydrogen-bond donors (Lipinski definition) is 1. The Morgan fingerprint density at radius 2 is 1.78 bits per heavy atom. The van der Waals surface area contributed by atoms with Crippen LogP contribution in [-0.2, 0) is 17.9 Å². The van der Waals surface area contributed by atoms with Gasteiger partial charge in [0.2, 0.25) is 5.91 Å². The summed E-state index contributed by atoms with van der Waals surface area (Å²) in [7, 11) is 0. The van der Waals surface area contributed by atoms with E-state index in [1.54, 1.807) is 16.2 Å². The number of halogens is 2. The summed E-state index contributed by atoms with van der Waals surface area (Å²) in [5, 5.41) is 4.33. The Bertz CT molecular complexity index is 1060. The second kappa shape index (κ2) is 11.2. The maximum absolute atomic E-state index is 13.9. The molecule has 5 nitrogen and oxygen atoms in total. The molecule has 8 heteroatoms. The lowest BCUT2D eigenvalue weighted by Crippen LogP contribution is -2.44. The van der Waals surface area contributed by atoms with E-state index in [4.69, 9.17) is 0 Å². The van der Waals surface area contributed by atoms with E-state index in [1.165, 1.54) is 11.0 Å². The summed E-state index contributed by atoms with van der Waals surface area (Å²) in [4.78, 5) is 29.8. The summed E-state index contributed by atoms with van der Waals surface area (Å²) in [6.45, 7) is 4.28. The number of benzene rings is 2. The second-order valence-corrected chi connectivity index (χ2v) is 8.07. The number of anilines is 1. The molecule has 0 unspecified atom stereocenters. The molecule has 0 aliphatic rings. The first kappa shape index (κ1) is 23.1. The summed E-state index contributed by atoms with van der Waals surface area (Å²) in [5.74, 6) is -1.91. The zero-order chi connectivity index (χ0) is 22.9. The normalized spacial score (nSPS) is 10.4. The third kappa shape index (κ3) is 6.49. The maximum atomic E-state index is 13.9. The molecule has 0 radical (unpaired) electrons. The fourth-order valence-corrected chi connectivity index (χ4v) is 3.77. The molecule has 0 bridgehead atoms. The molecule has 0 aliphatic carbocycles. The van der Waals surface area contributed by atoms with Gasteiger partial charge in [0.1, 0.15) is 18.2 Å². The molecule has 166 valence electrons. The zero-order valence-corrected chi connectivity index (χ0v) is 18.2. The predicted octanol–water partition coefficient (Wildman–Crippen LogP) is 5.28. The van der Waals surface area contributed by atoms with Crippen molar-refractivity contribution in [3.05, 3.63) is 101 Å². The van der Waals surface area contributed by atoms with Gasteiger partial charge in [-0.1, -0.05) is 42.5 Å². The summed E-state index contributed by atoms with van der Waals surface area (Å²) in [6.07, 6.45) is 1.48. The van der Waals surface area contributed by atoms with Crippen molar-refractivity contribution in [1.82, 2.24) is 9.80 Å². The highest BCUT2D eigenvalue weighted by Gasteiger charge is 2.22. The molecular formula is C24H23F2N3O2S. The number of nitrogens with one attached hydrogen (secondary N) is 1. The standard InChI is InChI=1S/C24H23F2N3O2S/c1-2-12-28(24(31)27-22-11-10-19(25)14-21(22)26)17-23(30)29(16-20-9-6-13-32-20)15-18-7-4-3-5-8-18/h2-11,13-14H,1,12,15-17H2,(H,27,31). The highest BCUT2D eigenvalue weighted by molar-refractivity contribution is 7.09. The van der Waals surface area contributed by atoms with E-state index in [0.29, 0.717) is 19.2 Å². The lowest BCUT2D eigenvalue weighted by atomic mass is 10.2. The minimum atomic E-state index is -0.897. The highest BCUT2D eigenvalue weighted by atomic mass is 32.1. The molecule has 0 fully saturated rings. The van der Waals surface area contributed by atoms with Crippen LogP contribution < -0.4 is 5.32 Å². The Morgan fingerprint density at radius 3 is 2.44 bits per heavy atom. The van der Waals surface area contributed by atoms with Crippen LogP contribution in [0.5, 0.6) is 0 Å². The minimum absolute atomic E-state index is 0.0819. The van der Waals surface area contributed by atoms with Gasteiger partial charge in [-0.05, 0) is 29.1 Å². The second-order valence-electron chi connectivity index (χ2n) is 7.04. The molecule has 1 aromatic heterocycles. The van der Waals surface area contributed by atoms with Crippen LogP contribution in [0.15, 0.2) is 78.7 Å². The largest absolute Gasteiger partial charge is 0.332 e. The number of amides is 3. The molecule has 0 saturated heterocycles. The molecule has 1 N–H and O–H groups in total. The van der Waals surface area contributed by atoms with Crippen molar-refractivity contribution in [2.45, 2.75) is 13.1 Å². The number of thiophene rings is 1. The number of hydrogen-bond acceptors (Lipinski definition) is 3. The van der Waals surface area contributed by atoms with Crippen molar-refractivity contribution in [3.8, 4) is 0 Å². The topological polar surface area (TPSA) is 52.7 Å². The van der Waals surface area contributed by atoms with Crippen LogP contribution >= 0.6 is 11.3 Å². The quantitative estimate of drug-likeness (QED) is 0.447. The molecule has 3 amide bonds. The van der Waals surface area contributed by atoms with Gasteiger partial charge in [0.15, 0.2) is 0 Å². The van der Waals surface area contributed by atoms with E-state index in [0.717, 1.165) is 22.6 Å². The van der Waals surface area contributed by atoms with Gasteiger partial charge in [0.05, 0.1) is 12.2 Å². The first-order valence-electron chi connectivity index (χ1n) is 9.92. The van der Waals surface area contributed by atoms with Crippen molar-refractivity contribution in [2.24, 2.45) is 0 Å². The minimum Gasteiger partial charge on any atom is -0.332 e. The number of rotatable bonds is 9. The Labute approximate surface area is 189 Å². The monoisotopic (exact) mass is 455 g/mol. The molecule has 2 aromatic carbocycles. The van der Waals surface area contributed by atoms with Crippen LogP contribution in [-0.4, -0.2) is 34.8 Å². The van der Waals surface area contributed by atoms with Crippen molar-refractivity contribution in [2.75, 3.05) is 18.4 Å². The maximum Gasteiger partial charge on any atom is 0.322 e. The van der Waals surface area contributed by atoms with Crippen LogP contribution in [0.4, 0.5) is 19.3 Å². The first-order chi connectivity index (χ1) is 15.5. The molecular weight excluding hydrogens is 432 g/mol. The van der Waals surface area contributed by atoms with Crippen LogP contribution in [0.1, 0.15) is 10.4 Å². The molecule has 3 aromatic rings. The average molecular weight is 456 g/mol. The molecule has 0 saturated carbocycles. The van der Waals surface area contributed by atoms with Crippen molar-refractivity contribution in [1.29, 1.82) is 0 Å². The van der Waals surface area contributed by atoms with Gasteiger partial charge in [-0.2, -0.15) is 0 Å². The van der Waals surface area contributed by atoms with Crippen molar-refractivity contribution < 1.29 is 18.4 Å². The SMILES string of the molecule is C=CCN(CC(=O)N(Cc1ccccc1)Cc1cccs1)C(=O)Nc1ccc(F)cc1F. The molecule has 0 spiro atoms. The summed E-state index contributed by atoms with van der Waals surface area (Å²) >= 11 is 1.54. The van der Waals surface area contributed by atoms with E-state index in [2.05, 4.69) is 11.9 Å². The van der Waals surface area contributed by atoms with Crippen LogP contribution in [0.3, 0.4) is 0 Å². The summed E-state index contributed by atoms with van der Waals surface area (Å²) < 4.78 is 27.1. The first-order valence-corrected chi connectivity index (χ1v) is 10.8. The highest BCUT2D eigenvalue weighted by Crippen LogP contribution is 2.17. The fraction of sp³-hybridized carbons (Fsp3) is 0.167. The van der Waals surface area contributed by atoms with Gasteiger partial charge in [-0.15, -0.1) is 17.9 Å². The van der Waals surface area contributed by atoms with Gasteiger partial charge in [-0.25, -0.2) is 13.6 Å². The molecule has 32 heavy (non-hydrogen) atoms. The Balaban J connectivity index is 1.74. The third-order valence-electron chi connectivity index (χ3n) is 4.63. The van der Waals surface area contributed by atoms with Crippen LogP contribution in [0.25, 0.3) is 0 Å². The van der Waals surface area contributed by atoms with Crippen LogP contribution in [0.2, 0.25) is 0 Å². The summed E-state index contributed by atoms with van der Waals surface area (Å²) in [5.41, 5.74) is 0.795. The molecule has 0 aliphatic heterocycles. The Hall–Kier alpha value is -3.52. The molecule has 3 rings (SSSR count). The fourth-order valence-electron chi connectivity index (χ4n) is 3.05. The smallest absolute Gasteiger partial charge is 0.322 e. The van der Waals surface area contributed by atoms with Gasteiger partial charge < -0.3 is 15.1 Å². The van der Waals surface area contributed by atoms with E-state index in [-0.39, 0.29) is 24.7 Å². The number of carbonyl (C=O) groups is 2. The molecule has 0 atom stereocenters. The van der Waals surface area contributed by atoms with Crippen LogP contribution in [0, 0.1) is 11.6 Å². The zero-order valence-electron chi connectivity index (χ0n) is 17.3. The number of nitrogens with zero attached hydrogens (tertiary/aromatic N) is 2.